The average molecular weight is 349 g/mol. The summed E-state index contributed by atoms with van der Waals surface area (Å²) in [5.41, 5.74) is 1.99. The van der Waals surface area contributed by atoms with Crippen LogP contribution in [0.15, 0.2) is 18.2 Å². The predicted molar refractivity (Wildman–Crippen MR) is 102 cm³/mol. The average Bonchev–Trinajstić information content (AvgIpc) is 2.62. The Morgan fingerprint density at radius 3 is 2.54 bits per heavy atom. The summed E-state index contributed by atoms with van der Waals surface area (Å²) < 4.78 is 0. The minimum absolute atomic E-state index is 0.126. The lowest BCUT2D eigenvalue weighted by Crippen LogP contribution is -2.30. The maximum Gasteiger partial charge on any atom is 0.224 e. The van der Waals surface area contributed by atoms with E-state index in [1.54, 1.807) is 0 Å². The summed E-state index contributed by atoms with van der Waals surface area (Å²) in [7, 11) is 0. The molecule has 24 heavy (non-hydrogen) atoms. The molecule has 0 bridgehead atoms. The third kappa shape index (κ3) is 4.89. The Balaban J connectivity index is 1.60. The molecule has 2 fully saturated rings. The molecule has 3 nitrogen and oxygen atoms in total. The molecule has 4 heteroatoms. The molecule has 0 spiro atoms. The summed E-state index contributed by atoms with van der Waals surface area (Å²) in [5, 5.41) is 3.80. The van der Waals surface area contributed by atoms with Crippen molar-refractivity contribution < 1.29 is 4.79 Å². The molecule has 1 saturated heterocycles. The lowest BCUT2D eigenvalue weighted by atomic mass is 9.86. The van der Waals surface area contributed by atoms with Crippen LogP contribution >= 0.6 is 11.6 Å². The molecule has 2 aliphatic rings. The fraction of sp³-hybridized carbons (Fsp3) is 0.650. The van der Waals surface area contributed by atoms with E-state index in [4.69, 9.17) is 11.6 Å². The Hall–Kier alpha value is -1.22. The van der Waals surface area contributed by atoms with E-state index < -0.39 is 0 Å². The van der Waals surface area contributed by atoms with Crippen LogP contribution in [0.25, 0.3) is 0 Å². The normalized spacial score (nSPS) is 19.3. The van der Waals surface area contributed by atoms with Gasteiger partial charge < -0.3 is 10.2 Å². The lowest BCUT2D eigenvalue weighted by molar-refractivity contribution is -0.116. The van der Waals surface area contributed by atoms with Gasteiger partial charge in [-0.2, -0.15) is 0 Å². The Bertz CT molecular complexity index is 549. The summed E-state index contributed by atoms with van der Waals surface area (Å²) in [4.78, 5) is 14.8. The van der Waals surface area contributed by atoms with Gasteiger partial charge in [-0.25, -0.2) is 0 Å². The Morgan fingerprint density at radius 1 is 1.08 bits per heavy atom. The molecule has 0 atom stereocenters. The molecule has 1 amide bonds. The Morgan fingerprint density at radius 2 is 1.79 bits per heavy atom. The van der Waals surface area contributed by atoms with E-state index in [9.17, 15) is 4.79 Å². The smallest absolute Gasteiger partial charge is 0.224 e. The zero-order valence-electron chi connectivity index (χ0n) is 14.5. The number of nitrogens with one attached hydrogen (secondary N) is 1. The topological polar surface area (TPSA) is 32.3 Å². The van der Waals surface area contributed by atoms with Crippen molar-refractivity contribution in [3.8, 4) is 0 Å². The van der Waals surface area contributed by atoms with Gasteiger partial charge in [0.25, 0.3) is 0 Å². The highest BCUT2D eigenvalue weighted by atomic mass is 35.5. The molecule has 1 aromatic carbocycles. The van der Waals surface area contributed by atoms with Crippen molar-refractivity contribution in [2.75, 3.05) is 23.3 Å². The molecule has 1 saturated carbocycles. The maximum atomic E-state index is 12.4. The molecule has 1 heterocycles. The molecular formula is C20H29ClN2O. The summed E-state index contributed by atoms with van der Waals surface area (Å²) in [5.74, 6) is 0.867. The number of carbonyl (C=O) groups is 1. The summed E-state index contributed by atoms with van der Waals surface area (Å²) in [6.07, 6.45) is 12.0. The van der Waals surface area contributed by atoms with Gasteiger partial charge in [-0.15, -0.1) is 0 Å². The van der Waals surface area contributed by atoms with E-state index in [2.05, 4.69) is 10.2 Å². The number of nitrogens with zero attached hydrogens (tertiary/aromatic N) is 1. The first-order valence-electron chi connectivity index (χ1n) is 9.57. The number of rotatable bonds is 5. The van der Waals surface area contributed by atoms with Crippen LogP contribution in [0.1, 0.15) is 64.2 Å². The number of hydrogen-bond acceptors (Lipinski definition) is 2. The first kappa shape index (κ1) is 17.6. The number of benzene rings is 1. The van der Waals surface area contributed by atoms with Crippen molar-refractivity contribution in [2.45, 2.75) is 64.2 Å². The van der Waals surface area contributed by atoms with Gasteiger partial charge in [0.2, 0.25) is 5.91 Å². The van der Waals surface area contributed by atoms with Gasteiger partial charge in [0.05, 0.1) is 11.4 Å². The Labute approximate surface area is 150 Å². The van der Waals surface area contributed by atoms with E-state index in [1.807, 2.05) is 18.2 Å². The van der Waals surface area contributed by atoms with Crippen molar-refractivity contribution in [3.63, 3.8) is 0 Å². The van der Waals surface area contributed by atoms with Crippen LogP contribution in [0.5, 0.6) is 0 Å². The van der Waals surface area contributed by atoms with E-state index >= 15 is 0 Å². The van der Waals surface area contributed by atoms with Crippen molar-refractivity contribution in [1.29, 1.82) is 0 Å². The molecular weight excluding hydrogens is 320 g/mol. The molecule has 132 valence electrons. The van der Waals surface area contributed by atoms with E-state index in [1.165, 1.54) is 51.4 Å². The van der Waals surface area contributed by atoms with Gasteiger partial charge in [-0.3, -0.25) is 4.79 Å². The van der Waals surface area contributed by atoms with Crippen LogP contribution in [0.4, 0.5) is 11.4 Å². The minimum Gasteiger partial charge on any atom is -0.370 e. The zero-order valence-corrected chi connectivity index (χ0v) is 15.3. The van der Waals surface area contributed by atoms with Crippen molar-refractivity contribution in [3.05, 3.63) is 23.2 Å². The molecule has 0 radical (unpaired) electrons. The van der Waals surface area contributed by atoms with Crippen molar-refractivity contribution in [2.24, 2.45) is 5.92 Å². The van der Waals surface area contributed by atoms with E-state index in [-0.39, 0.29) is 5.91 Å². The van der Waals surface area contributed by atoms with Gasteiger partial charge >= 0.3 is 0 Å². The van der Waals surface area contributed by atoms with E-state index in [0.29, 0.717) is 11.4 Å². The van der Waals surface area contributed by atoms with Crippen LogP contribution in [0.3, 0.4) is 0 Å². The van der Waals surface area contributed by atoms with Crippen LogP contribution in [0.2, 0.25) is 5.02 Å². The quantitative estimate of drug-likeness (QED) is 0.747. The highest BCUT2D eigenvalue weighted by Gasteiger charge is 2.18. The first-order valence-corrected chi connectivity index (χ1v) is 9.94. The van der Waals surface area contributed by atoms with Crippen molar-refractivity contribution >= 4 is 28.9 Å². The number of carbonyl (C=O) groups excluding carboxylic acids is 1. The Kier molecular flexibility index (Phi) is 6.42. The summed E-state index contributed by atoms with van der Waals surface area (Å²) in [6, 6.07) is 5.86. The van der Waals surface area contributed by atoms with E-state index in [0.717, 1.165) is 36.8 Å². The lowest BCUT2D eigenvalue weighted by Gasteiger charge is -2.30. The third-order valence-electron chi connectivity index (χ3n) is 5.43. The van der Waals surface area contributed by atoms with Crippen LogP contribution in [-0.2, 0) is 4.79 Å². The zero-order chi connectivity index (χ0) is 16.8. The highest BCUT2D eigenvalue weighted by molar-refractivity contribution is 6.31. The second-order valence-corrected chi connectivity index (χ2v) is 7.74. The molecule has 1 aromatic rings. The summed E-state index contributed by atoms with van der Waals surface area (Å²) in [6.45, 7) is 2.12. The number of amides is 1. The largest absolute Gasteiger partial charge is 0.370 e. The third-order valence-corrected chi connectivity index (χ3v) is 5.67. The van der Waals surface area contributed by atoms with Crippen LogP contribution in [-0.4, -0.2) is 19.0 Å². The predicted octanol–water partition coefficient (Wildman–Crippen LogP) is 5.63. The first-order chi connectivity index (χ1) is 11.7. The highest BCUT2D eigenvalue weighted by Crippen LogP contribution is 2.32. The fourth-order valence-corrected chi connectivity index (χ4v) is 4.21. The number of piperidine rings is 1. The van der Waals surface area contributed by atoms with Gasteiger partial charge in [0.15, 0.2) is 0 Å². The molecule has 0 aromatic heterocycles. The van der Waals surface area contributed by atoms with Gasteiger partial charge in [0, 0.05) is 24.5 Å². The summed E-state index contributed by atoms with van der Waals surface area (Å²) >= 11 is 6.17. The molecule has 3 rings (SSSR count). The minimum atomic E-state index is 0.126. The van der Waals surface area contributed by atoms with Gasteiger partial charge in [0.1, 0.15) is 0 Å². The molecule has 1 aliphatic heterocycles. The maximum absolute atomic E-state index is 12.4. The molecule has 1 N–H and O–H groups in total. The second-order valence-electron chi connectivity index (χ2n) is 7.30. The van der Waals surface area contributed by atoms with Gasteiger partial charge in [-0.1, -0.05) is 43.7 Å². The standard InChI is InChI=1S/C20H29ClN2O/c21-17-10-11-19(23-13-5-2-6-14-23)18(15-17)22-20(24)12-9-16-7-3-1-4-8-16/h10-11,15-16H,1-9,12-14H2,(H,22,24). The van der Waals surface area contributed by atoms with Crippen LogP contribution < -0.4 is 10.2 Å². The monoisotopic (exact) mass is 348 g/mol. The van der Waals surface area contributed by atoms with Gasteiger partial charge in [-0.05, 0) is 49.8 Å². The van der Waals surface area contributed by atoms with Crippen molar-refractivity contribution in [1.82, 2.24) is 0 Å². The molecule has 1 aliphatic carbocycles. The number of halogens is 1. The number of hydrogen-bond donors (Lipinski definition) is 1. The second kappa shape index (κ2) is 8.75. The molecule has 0 unspecified atom stereocenters. The fourth-order valence-electron chi connectivity index (χ4n) is 4.04. The number of anilines is 2. The SMILES string of the molecule is O=C(CCC1CCCCC1)Nc1cc(Cl)ccc1N1CCCCC1. The van der Waals surface area contributed by atoms with Crippen LogP contribution in [0, 0.1) is 5.92 Å².